The zero-order valence-corrected chi connectivity index (χ0v) is 26.8. The van der Waals surface area contributed by atoms with Gasteiger partial charge >= 0.3 is 0 Å². The number of pyridine rings is 1. The highest BCUT2D eigenvalue weighted by atomic mass is 35.5. The Hall–Kier alpha value is -3.75. The van der Waals surface area contributed by atoms with E-state index in [1.807, 2.05) is 6.07 Å². The van der Waals surface area contributed by atoms with E-state index in [9.17, 15) is 18.4 Å². The van der Waals surface area contributed by atoms with Crippen molar-refractivity contribution in [1.82, 2.24) is 29.4 Å². The summed E-state index contributed by atoms with van der Waals surface area (Å²) < 4.78 is 35.9. The van der Waals surface area contributed by atoms with Gasteiger partial charge in [0.1, 0.15) is 28.6 Å². The molecule has 1 aliphatic carbocycles. The molecule has 4 fully saturated rings. The quantitative estimate of drug-likeness (QED) is 0.283. The Balaban J connectivity index is 1.11. The first kappa shape index (κ1) is 30.9. The number of nitrogens with zero attached hydrogens (tertiary/aromatic N) is 6. The van der Waals surface area contributed by atoms with Crippen molar-refractivity contribution in [2.75, 3.05) is 37.3 Å². The zero-order valence-electron chi connectivity index (χ0n) is 25.2. The molecule has 244 valence electrons. The first-order valence-electron chi connectivity index (χ1n) is 15.5. The third-order valence-electron chi connectivity index (χ3n) is 9.47. The second-order valence-electron chi connectivity index (χ2n) is 12.4. The second-order valence-corrected chi connectivity index (χ2v) is 14.1. The minimum atomic E-state index is -2.68. The summed E-state index contributed by atoms with van der Waals surface area (Å²) in [5.74, 6) is 1.01. The number of amides is 1. The monoisotopic (exact) mass is 672 g/mol. The van der Waals surface area contributed by atoms with E-state index in [1.165, 1.54) is 36.3 Å². The molecule has 15 heteroatoms. The number of hydrogen-bond donors (Lipinski definition) is 2. The molecule has 3 N–H and O–H groups in total. The number of hydrogen-bond acceptors (Lipinski definition) is 9. The van der Waals surface area contributed by atoms with Crippen LogP contribution in [0.15, 0.2) is 41.6 Å². The number of anilines is 2. The number of piperidine rings is 3. The fourth-order valence-electron chi connectivity index (χ4n) is 7.23. The number of halogens is 3. The third kappa shape index (κ3) is 5.93. The van der Waals surface area contributed by atoms with E-state index in [0.717, 1.165) is 42.5 Å². The molecule has 3 saturated heterocycles. The lowest BCUT2D eigenvalue weighted by Gasteiger charge is -2.47. The smallest absolute Gasteiger partial charge is 0.265 e. The first-order chi connectivity index (χ1) is 22.1. The van der Waals surface area contributed by atoms with Crippen LogP contribution in [0.2, 0.25) is 4.34 Å². The molecular formula is C31H35ClF2N8O3S. The summed E-state index contributed by atoms with van der Waals surface area (Å²) >= 11 is 7.63. The Morgan fingerprint density at radius 3 is 2.85 bits per heavy atom. The topological polar surface area (TPSA) is 123 Å². The standard InChI is InChI=1S/C31H35ClF2N8O3S/c1-39-12-18-4-6-20(39)9-23(18)45-24-11-25(32)46-29(24)31(44)38-19-3-2-8-40(14-19)22-10-21(42-28(22)30(35)36-16-37-42)17-5-7-27(43)41(13-17)15-26(33)34/h5,7,10-11,13,16,18-20,23,26H,2-4,6,8-9,12,14-15H2,1H3,(H,38,44)(H2,35,36,37)/t18?,19-,20?,23?/m1/s1. The zero-order chi connectivity index (χ0) is 32.1. The first-order valence-corrected chi connectivity index (χ1v) is 16.7. The molecule has 1 saturated carbocycles. The number of aromatic nitrogens is 4. The average Bonchev–Trinajstić information content (AvgIpc) is 3.60. The predicted octanol–water partition coefficient (Wildman–Crippen LogP) is 4.38. The summed E-state index contributed by atoms with van der Waals surface area (Å²) in [5.41, 5.74) is 8.23. The van der Waals surface area contributed by atoms with Crippen LogP contribution in [0.25, 0.3) is 16.8 Å². The van der Waals surface area contributed by atoms with Crippen molar-refractivity contribution in [3.63, 3.8) is 0 Å². The maximum atomic E-state index is 13.6. The van der Waals surface area contributed by atoms with Crippen molar-refractivity contribution in [1.29, 1.82) is 0 Å². The summed E-state index contributed by atoms with van der Waals surface area (Å²) in [6, 6.07) is 6.80. The van der Waals surface area contributed by atoms with Gasteiger partial charge in [-0.3, -0.25) is 9.59 Å². The Labute approximate surface area is 272 Å². The Morgan fingerprint density at radius 1 is 1.24 bits per heavy atom. The number of rotatable bonds is 8. The van der Waals surface area contributed by atoms with Gasteiger partial charge in [-0.25, -0.2) is 18.3 Å². The van der Waals surface area contributed by atoms with Crippen molar-refractivity contribution >= 4 is 45.9 Å². The molecule has 4 aromatic heterocycles. The van der Waals surface area contributed by atoms with Gasteiger partial charge in [0, 0.05) is 67.9 Å². The summed E-state index contributed by atoms with van der Waals surface area (Å²) in [7, 11) is 2.16. The SMILES string of the molecule is CN1CC2CCC1CC2Oc1cc(Cl)sc1C(=O)N[C@@H]1CCCN(c2cc(-c3ccc(=O)n(CC(F)F)c3)n3ncnc(N)c23)C1. The van der Waals surface area contributed by atoms with Crippen LogP contribution >= 0.6 is 22.9 Å². The molecule has 4 aromatic rings. The maximum absolute atomic E-state index is 13.6. The summed E-state index contributed by atoms with van der Waals surface area (Å²) in [5, 5.41) is 7.60. The van der Waals surface area contributed by atoms with E-state index in [4.69, 9.17) is 22.1 Å². The number of nitrogens with two attached hydrogens (primary N) is 1. The third-order valence-corrected chi connectivity index (χ3v) is 10.7. The highest BCUT2D eigenvalue weighted by Crippen LogP contribution is 2.40. The Morgan fingerprint density at radius 2 is 2.09 bits per heavy atom. The molecule has 3 aliphatic heterocycles. The second kappa shape index (κ2) is 12.5. The average molecular weight is 673 g/mol. The highest BCUT2D eigenvalue weighted by molar-refractivity contribution is 7.18. The van der Waals surface area contributed by atoms with Crippen molar-refractivity contribution in [3.8, 4) is 17.0 Å². The summed E-state index contributed by atoms with van der Waals surface area (Å²) in [6.07, 6.45) is 4.95. The van der Waals surface area contributed by atoms with Gasteiger partial charge in [-0.1, -0.05) is 11.6 Å². The van der Waals surface area contributed by atoms with Crippen LogP contribution in [0, 0.1) is 5.92 Å². The largest absolute Gasteiger partial charge is 0.488 e. The number of alkyl halides is 2. The van der Waals surface area contributed by atoms with Gasteiger partial charge in [-0.15, -0.1) is 11.3 Å². The number of carbonyl (C=O) groups excluding carboxylic acids is 1. The van der Waals surface area contributed by atoms with Gasteiger partial charge in [0.2, 0.25) is 0 Å². The van der Waals surface area contributed by atoms with E-state index in [1.54, 1.807) is 16.6 Å². The lowest BCUT2D eigenvalue weighted by molar-refractivity contribution is -0.0247. The summed E-state index contributed by atoms with van der Waals surface area (Å²) in [6.45, 7) is 1.48. The van der Waals surface area contributed by atoms with Gasteiger partial charge in [-0.05, 0) is 44.9 Å². The fourth-order valence-corrected chi connectivity index (χ4v) is 8.28. The van der Waals surface area contributed by atoms with Gasteiger partial charge in [-0.2, -0.15) is 5.10 Å². The molecule has 1 amide bonds. The maximum Gasteiger partial charge on any atom is 0.265 e. The molecule has 8 rings (SSSR count). The number of ether oxygens (including phenoxy) is 1. The lowest BCUT2D eigenvalue weighted by atomic mass is 9.78. The van der Waals surface area contributed by atoms with Gasteiger partial charge < -0.3 is 30.2 Å². The predicted molar refractivity (Wildman–Crippen MR) is 173 cm³/mol. The van der Waals surface area contributed by atoms with E-state index in [0.29, 0.717) is 56.8 Å². The van der Waals surface area contributed by atoms with Gasteiger partial charge in [0.05, 0.1) is 22.3 Å². The molecule has 3 unspecified atom stereocenters. The molecule has 46 heavy (non-hydrogen) atoms. The van der Waals surface area contributed by atoms with Crippen LogP contribution in [0.3, 0.4) is 0 Å². The van der Waals surface area contributed by atoms with Crippen LogP contribution in [0.4, 0.5) is 20.3 Å². The van der Waals surface area contributed by atoms with Crippen molar-refractivity contribution in [3.05, 3.63) is 56.4 Å². The molecule has 7 heterocycles. The van der Waals surface area contributed by atoms with Crippen LogP contribution in [-0.2, 0) is 6.54 Å². The highest BCUT2D eigenvalue weighted by Gasteiger charge is 2.40. The van der Waals surface area contributed by atoms with E-state index in [-0.39, 0.29) is 23.9 Å². The number of nitrogens with one attached hydrogen (secondary N) is 1. The van der Waals surface area contributed by atoms with E-state index >= 15 is 0 Å². The van der Waals surface area contributed by atoms with Crippen molar-refractivity contribution in [2.24, 2.45) is 5.92 Å². The minimum absolute atomic E-state index is 0.0667. The number of carbonyl (C=O) groups is 1. The normalized spacial score (nSPS) is 23.4. The summed E-state index contributed by atoms with van der Waals surface area (Å²) in [4.78, 5) is 35.1. The Kier molecular flexibility index (Phi) is 8.36. The Bertz CT molecular complexity index is 1830. The van der Waals surface area contributed by atoms with Crippen LogP contribution in [-0.4, -0.2) is 81.3 Å². The number of nitrogen functional groups attached to an aromatic ring is 1. The van der Waals surface area contributed by atoms with Crippen LogP contribution in [0.5, 0.6) is 5.75 Å². The number of fused-ring (bicyclic) bond motifs is 4. The minimum Gasteiger partial charge on any atom is -0.488 e. The molecule has 0 aromatic carbocycles. The molecule has 4 aliphatic rings. The fraction of sp³-hybridized carbons (Fsp3) is 0.484. The van der Waals surface area contributed by atoms with Gasteiger partial charge in [0.15, 0.2) is 5.82 Å². The van der Waals surface area contributed by atoms with E-state index < -0.39 is 18.5 Å². The molecule has 2 bridgehead atoms. The molecule has 0 radical (unpaired) electrons. The van der Waals surface area contributed by atoms with Crippen molar-refractivity contribution in [2.45, 2.75) is 63.3 Å². The lowest BCUT2D eigenvalue weighted by Crippen LogP contribution is -2.54. The van der Waals surface area contributed by atoms with Crippen LogP contribution in [0.1, 0.15) is 41.8 Å². The van der Waals surface area contributed by atoms with Crippen LogP contribution < -0.4 is 26.2 Å². The molecule has 4 atom stereocenters. The molecule has 11 nitrogen and oxygen atoms in total. The number of thiophene rings is 1. The molecule has 0 spiro atoms. The van der Waals surface area contributed by atoms with Crippen molar-refractivity contribution < 1.29 is 18.3 Å². The van der Waals surface area contributed by atoms with Gasteiger partial charge in [0.25, 0.3) is 17.9 Å². The molecular weight excluding hydrogens is 638 g/mol. The van der Waals surface area contributed by atoms with E-state index in [2.05, 4.69) is 32.2 Å².